The van der Waals surface area contributed by atoms with Crippen molar-refractivity contribution in [2.75, 3.05) is 32.5 Å². The largest absolute Gasteiger partial charge is 0.383 e. The maximum atomic E-state index is 11.8. The Labute approximate surface area is 106 Å². The standard InChI is InChI=1S/C12H18N4O2/c1-18-5-4-16-8-9(7-11(16)17)6-10-2-3-14-12(13)15-10/h2-3,9H,4-8H2,1H3,(H2,13,14,15). The minimum absolute atomic E-state index is 0.194. The third kappa shape index (κ3) is 3.16. The average molecular weight is 250 g/mol. The summed E-state index contributed by atoms with van der Waals surface area (Å²) < 4.78 is 4.99. The molecule has 0 spiro atoms. The van der Waals surface area contributed by atoms with E-state index in [9.17, 15) is 4.79 Å². The third-order valence-electron chi connectivity index (χ3n) is 3.09. The number of hydrogen-bond acceptors (Lipinski definition) is 5. The Bertz CT molecular complexity index is 424. The Balaban J connectivity index is 1.90. The molecule has 0 bridgehead atoms. The first-order chi connectivity index (χ1) is 8.69. The van der Waals surface area contributed by atoms with Gasteiger partial charge in [-0.2, -0.15) is 0 Å². The molecule has 1 saturated heterocycles. The van der Waals surface area contributed by atoms with Crippen LogP contribution in [-0.4, -0.2) is 47.6 Å². The molecular weight excluding hydrogens is 232 g/mol. The van der Waals surface area contributed by atoms with E-state index in [-0.39, 0.29) is 11.9 Å². The van der Waals surface area contributed by atoms with E-state index in [0.29, 0.717) is 25.5 Å². The van der Waals surface area contributed by atoms with Crippen LogP contribution in [0.1, 0.15) is 12.1 Å². The molecule has 18 heavy (non-hydrogen) atoms. The molecule has 1 aliphatic rings. The van der Waals surface area contributed by atoms with Crippen LogP contribution < -0.4 is 5.73 Å². The molecule has 1 unspecified atom stereocenters. The van der Waals surface area contributed by atoms with Crippen molar-refractivity contribution in [1.82, 2.24) is 14.9 Å². The van der Waals surface area contributed by atoms with E-state index >= 15 is 0 Å². The maximum Gasteiger partial charge on any atom is 0.223 e. The lowest BCUT2D eigenvalue weighted by atomic mass is 10.0. The highest BCUT2D eigenvalue weighted by molar-refractivity contribution is 5.78. The second kappa shape index (κ2) is 5.77. The Kier molecular flexibility index (Phi) is 4.09. The molecular formula is C12H18N4O2. The molecule has 0 saturated carbocycles. The van der Waals surface area contributed by atoms with E-state index in [2.05, 4.69) is 9.97 Å². The second-order valence-electron chi connectivity index (χ2n) is 4.51. The van der Waals surface area contributed by atoms with Gasteiger partial charge in [0.1, 0.15) is 0 Å². The zero-order valence-corrected chi connectivity index (χ0v) is 10.5. The molecule has 2 N–H and O–H groups in total. The summed E-state index contributed by atoms with van der Waals surface area (Å²) in [6.45, 7) is 2.02. The summed E-state index contributed by atoms with van der Waals surface area (Å²) in [6.07, 6.45) is 2.99. The highest BCUT2D eigenvalue weighted by Crippen LogP contribution is 2.21. The van der Waals surface area contributed by atoms with E-state index in [1.54, 1.807) is 13.3 Å². The first kappa shape index (κ1) is 12.8. The number of rotatable bonds is 5. The van der Waals surface area contributed by atoms with Gasteiger partial charge < -0.3 is 15.4 Å². The van der Waals surface area contributed by atoms with Gasteiger partial charge in [0, 0.05) is 38.5 Å². The summed E-state index contributed by atoms with van der Waals surface area (Å²) in [6, 6.07) is 1.85. The van der Waals surface area contributed by atoms with Gasteiger partial charge >= 0.3 is 0 Å². The van der Waals surface area contributed by atoms with Crippen LogP contribution in [-0.2, 0) is 16.0 Å². The smallest absolute Gasteiger partial charge is 0.223 e. The van der Waals surface area contributed by atoms with E-state index in [4.69, 9.17) is 10.5 Å². The lowest BCUT2D eigenvalue weighted by Crippen LogP contribution is -2.29. The lowest BCUT2D eigenvalue weighted by Gasteiger charge is -2.15. The van der Waals surface area contributed by atoms with Crippen molar-refractivity contribution < 1.29 is 9.53 Å². The molecule has 0 aliphatic carbocycles. The fourth-order valence-electron chi connectivity index (χ4n) is 2.23. The summed E-state index contributed by atoms with van der Waals surface area (Å²) in [5.41, 5.74) is 6.43. The van der Waals surface area contributed by atoms with Crippen LogP contribution in [0.2, 0.25) is 0 Å². The number of carbonyl (C=O) groups excluding carboxylic acids is 1. The minimum atomic E-state index is 0.194. The molecule has 0 aromatic carbocycles. The number of nitrogens with zero attached hydrogens (tertiary/aromatic N) is 3. The van der Waals surface area contributed by atoms with Crippen LogP contribution in [0.25, 0.3) is 0 Å². The fraction of sp³-hybridized carbons (Fsp3) is 0.583. The van der Waals surface area contributed by atoms with Crippen molar-refractivity contribution >= 4 is 11.9 Å². The molecule has 1 aromatic heterocycles. The number of likely N-dealkylation sites (tertiary alicyclic amines) is 1. The van der Waals surface area contributed by atoms with Crippen molar-refractivity contribution in [3.05, 3.63) is 18.0 Å². The molecule has 6 nitrogen and oxygen atoms in total. The predicted molar refractivity (Wildman–Crippen MR) is 66.7 cm³/mol. The minimum Gasteiger partial charge on any atom is -0.383 e. The first-order valence-corrected chi connectivity index (χ1v) is 6.03. The number of aromatic nitrogens is 2. The Hall–Kier alpha value is -1.69. The number of hydrogen-bond donors (Lipinski definition) is 1. The molecule has 1 fully saturated rings. The maximum absolute atomic E-state index is 11.8. The van der Waals surface area contributed by atoms with Crippen molar-refractivity contribution in [3.8, 4) is 0 Å². The Morgan fingerprint density at radius 3 is 3.17 bits per heavy atom. The lowest BCUT2D eigenvalue weighted by molar-refractivity contribution is -0.128. The SMILES string of the molecule is COCCN1CC(Cc2ccnc(N)n2)CC1=O. The van der Waals surface area contributed by atoms with Crippen LogP contribution in [0.15, 0.2) is 12.3 Å². The molecule has 2 rings (SSSR count). The zero-order chi connectivity index (χ0) is 13.0. The average Bonchev–Trinajstić information content (AvgIpc) is 2.67. The van der Waals surface area contributed by atoms with Crippen molar-refractivity contribution in [2.24, 2.45) is 5.92 Å². The molecule has 98 valence electrons. The third-order valence-corrected chi connectivity index (χ3v) is 3.09. The molecule has 1 amide bonds. The van der Waals surface area contributed by atoms with E-state index in [1.807, 2.05) is 11.0 Å². The van der Waals surface area contributed by atoms with Gasteiger partial charge in [0.25, 0.3) is 0 Å². The zero-order valence-electron chi connectivity index (χ0n) is 10.5. The van der Waals surface area contributed by atoms with Gasteiger partial charge in [-0.15, -0.1) is 0 Å². The monoisotopic (exact) mass is 250 g/mol. The van der Waals surface area contributed by atoms with Crippen LogP contribution >= 0.6 is 0 Å². The normalized spacial score (nSPS) is 19.5. The molecule has 1 atom stereocenters. The number of nitrogens with two attached hydrogens (primary N) is 1. The summed E-state index contributed by atoms with van der Waals surface area (Å²) in [5, 5.41) is 0. The van der Waals surface area contributed by atoms with Gasteiger partial charge in [-0.05, 0) is 18.4 Å². The van der Waals surface area contributed by atoms with Crippen molar-refractivity contribution in [2.45, 2.75) is 12.8 Å². The second-order valence-corrected chi connectivity index (χ2v) is 4.51. The number of ether oxygens (including phenoxy) is 1. The molecule has 6 heteroatoms. The van der Waals surface area contributed by atoms with E-state index < -0.39 is 0 Å². The first-order valence-electron chi connectivity index (χ1n) is 6.03. The van der Waals surface area contributed by atoms with Crippen molar-refractivity contribution in [1.29, 1.82) is 0 Å². The van der Waals surface area contributed by atoms with Crippen molar-refractivity contribution in [3.63, 3.8) is 0 Å². The fourth-order valence-corrected chi connectivity index (χ4v) is 2.23. The topological polar surface area (TPSA) is 81.3 Å². The number of anilines is 1. The number of methoxy groups -OCH3 is 1. The number of amides is 1. The molecule has 2 heterocycles. The Morgan fingerprint density at radius 2 is 2.44 bits per heavy atom. The van der Waals surface area contributed by atoms with Crippen LogP contribution in [0, 0.1) is 5.92 Å². The molecule has 1 aromatic rings. The van der Waals surface area contributed by atoms with Gasteiger partial charge in [0.15, 0.2) is 0 Å². The quantitative estimate of drug-likeness (QED) is 0.801. The van der Waals surface area contributed by atoms with Gasteiger partial charge in [0.2, 0.25) is 11.9 Å². The van der Waals surface area contributed by atoms with E-state index in [0.717, 1.165) is 18.7 Å². The van der Waals surface area contributed by atoms with E-state index in [1.165, 1.54) is 0 Å². The van der Waals surface area contributed by atoms with Gasteiger partial charge in [-0.3, -0.25) is 4.79 Å². The van der Waals surface area contributed by atoms with Gasteiger partial charge in [0.05, 0.1) is 6.61 Å². The van der Waals surface area contributed by atoms with Gasteiger partial charge in [-0.1, -0.05) is 0 Å². The predicted octanol–water partition coefficient (Wildman–Crippen LogP) is 0.0962. The molecule has 0 radical (unpaired) electrons. The Morgan fingerprint density at radius 1 is 1.61 bits per heavy atom. The summed E-state index contributed by atoms with van der Waals surface area (Å²) in [4.78, 5) is 21.6. The van der Waals surface area contributed by atoms with Crippen LogP contribution in [0.5, 0.6) is 0 Å². The highest BCUT2D eigenvalue weighted by Gasteiger charge is 2.29. The van der Waals surface area contributed by atoms with Crippen LogP contribution in [0.4, 0.5) is 5.95 Å². The summed E-state index contributed by atoms with van der Waals surface area (Å²) in [5.74, 6) is 0.788. The van der Waals surface area contributed by atoms with Crippen LogP contribution in [0.3, 0.4) is 0 Å². The summed E-state index contributed by atoms with van der Waals surface area (Å²) in [7, 11) is 1.64. The van der Waals surface area contributed by atoms with Gasteiger partial charge in [-0.25, -0.2) is 9.97 Å². The number of carbonyl (C=O) groups is 1. The summed E-state index contributed by atoms with van der Waals surface area (Å²) >= 11 is 0. The number of nitrogen functional groups attached to an aromatic ring is 1. The molecule has 1 aliphatic heterocycles. The highest BCUT2D eigenvalue weighted by atomic mass is 16.5.